The van der Waals surface area contributed by atoms with Crippen LogP contribution in [0.5, 0.6) is 0 Å². The summed E-state index contributed by atoms with van der Waals surface area (Å²) in [6.45, 7) is 4.82. The van der Waals surface area contributed by atoms with Crippen LogP contribution in [0.2, 0.25) is 0 Å². The molecule has 0 aliphatic carbocycles. The largest absolute Gasteiger partial charge is 0.308 e. The van der Waals surface area contributed by atoms with Crippen molar-refractivity contribution >= 4 is 17.0 Å². The van der Waals surface area contributed by atoms with Crippen LogP contribution in [0, 0.1) is 10.1 Å². The summed E-state index contributed by atoms with van der Waals surface area (Å²) in [4.78, 5) is 10.2. The second kappa shape index (κ2) is 5.85. The van der Waals surface area contributed by atoms with Crippen LogP contribution in [0.4, 0.5) is 5.69 Å². The molecule has 0 spiro atoms. The van der Waals surface area contributed by atoms with Gasteiger partial charge in [0.15, 0.2) is 0 Å². The fourth-order valence-corrected chi connectivity index (χ4v) is 2.25. The first kappa shape index (κ1) is 13.6. The maximum Gasteiger partial charge on any atom is 0.269 e. The van der Waals surface area contributed by atoms with Gasteiger partial charge >= 0.3 is 0 Å². The van der Waals surface area contributed by atoms with Crippen molar-refractivity contribution in [1.29, 1.82) is 0 Å². The number of non-ortho nitro benzene ring substituents is 1. The third-order valence-corrected chi connectivity index (χ3v) is 3.43. The highest BCUT2D eigenvalue weighted by Crippen LogP contribution is 2.25. The Morgan fingerprint density at radius 3 is 2.58 bits per heavy atom. The lowest BCUT2D eigenvalue weighted by Gasteiger charge is -2.03. The standard InChI is InChI=1S/C12H14N4O2S/c1-8(2)13-7-11-14-15-12(19-11)9-3-5-10(6-4-9)16(17)18/h3-6,8,13H,7H2,1-2H3. The molecule has 0 aliphatic heterocycles. The van der Waals surface area contributed by atoms with Crippen molar-refractivity contribution in [1.82, 2.24) is 15.5 Å². The first-order valence-corrected chi connectivity index (χ1v) is 6.68. The maximum atomic E-state index is 10.6. The van der Waals surface area contributed by atoms with Gasteiger partial charge in [-0.1, -0.05) is 25.2 Å². The third kappa shape index (κ3) is 3.55. The Morgan fingerprint density at radius 2 is 2.00 bits per heavy atom. The number of nitrogens with one attached hydrogen (secondary N) is 1. The van der Waals surface area contributed by atoms with E-state index < -0.39 is 4.92 Å². The molecule has 0 saturated heterocycles. The smallest absolute Gasteiger partial charge is 0.269 e. The van der Waals surface area contributed by atoms with Crippen molar-refractivity contribution < 1.29 is 4.92 Å². The highest BCUT2D eigenvalue weighted by molar-refractivity contribution is 7.14. The van der Waals surface area contributed by atoms with Gasteiger partial charge < -0.3 is 5.32 Å². The Labute approximate surface area is 114 Å². The monoisotopic (exact) mass is 278 g/mol. The average Bonchev–Trinajstić information content (AvgIpc) is 2.85. The summed E-state index contributed by atoms with van der Waals surface area (Å²) in [7, 11) is 0. The summed E-state index contributed by atoms with van der Waals surface area (Å²) < 4.78 is 0. The molecule has 100 valence electrons. The lowest BCUT2D eigenvalue weighted by atomic mass is 10.2. The van der Waals surface area contributed by atoms with Crippen molar-refractivity contribution in [2.24, 2.45) is 0 Å². The van der Waals surface area contributed by atoms with Crippen LogP contribution < -0.4 is 5.32 Å². The zero-order valence-corrected chi connectivity index (χ0v) is 11.5. The van der Waals surface area contributed by atoms with E-state index in [2.05, 4.69) is 29.4 Å². The number of nitro benzene ring substituents is 1. The van der Waals surface area contributed by atoms with E-state index in [1.54, 1.807) is 12.1 Å². The minimum absolute atomic E-state index is 0.0787. The number of hydrogen-bond acceptors (Lipinski definition) is 6. The van der Waals surface area contributed by atoms with Crippen molar-refractivity contribution in [2.75, 3.05) is 0 Å². The Hall–Kier alpha value is -1.86. The topological polar surface area (TPSA) is 81.0 Å². The maximum absolute atomic E-state index is 10.6. The van der Waals surface area contributed by atoms with E-state index in [1.165, 1.54) is 23.5 Å². The Bertz CT molecular complexity index is 565. The van der Waals surface area contributed by atoms with Gasteiger partial charge in [-0.2, -0.15) is 0 Å². The number of hydrogen-bond donors (Lipinski definition) is 1. The van der Waals surface area contributed by atoms with Gasteiger partial charge in [0.05, 0.1) is 4.92 Å². The Kier molecular flexibility index (Phi) is 4.18. The van der Waals surface area contributed by atoms with Gasteiger partial charge in [0, 0.05) is 30.3 Å². The molecule has 0 amide bonds. The fourth-order valence-electron chi connectivity index (χ4n) is 1.46. The minimum atomic E-state index is -0.415. The average molecular weight is 278 g/mol. The van der Waals surface area contributed by atoms with Gasteiger partial charge in [-0.3, -0.25) is 10.1 Å². The third-order valence-electron chi connectivity index (χ3n) is 2.45. The lowest BCUT2D eigenvalue weighted by molar-refractivity contribution is -0.384. The molecule has 1 aromatic heterocycles. The van der Waals surface area contributed by atoms with E-state index in [1.807, 2.05) is 0 Å². The van der Waals surface area contributed by atoms with Gasteiger partial charge in [-0.25, -0.2) is 0 Å². The second-order valence-electron chi connectivity index (χ2n) is 4.34. The van der Waals surface area contributed by atoms with E-state index in [0.717, 1.165) is 15.6 Å². The highest BCUT2D eigenvalue weighted by Gasteiger charge is 2.09. The van der Waals surface area contributed by atoms with E-state index >= 15 is 0 Å². The van der Waals surface area contributed by atoms with Crippen LogP contribution in [0.15, 0.2) is 24.3 Å². The van der Waals surface area contributed by atoms with Crippen LogP contribution >= 0.6 is 11.3 Å². The van der Waals surface area contributed by atoms with Gasteiger partial charge in [0.2, 0.25) is 0 Å². The molecule has 1 aromatic carbocycles. The first-order chi connectivity index (χ1) is 9.06. The molecule has 1 heterocycles. The first-order valence-electron chi connectivity index (χ1n) is 5.87. The quantitative estimate of drug-likeness (QED) is 0.671. The predicted molar refractivity (Wildman–Crippen MR) is 74.0 cm³/mol. The van der Waals surface area contributed by atoms with Crippen LogP contribution in [-0.4, -0.2) is 21.2 Å². The molecule has 0 atom stereocenters. The molecule has 0 unspecified atom stereocenters. The molecule has 0 fully saturated rings. The summed E-state index contributed by atoms with van der Waals surface area (Å²) in [5.74, 6) is 0. The molecule has 2 aromatic rings. The van der Waals surface area contributed by atoms with Gasteiger partial charge in [-0.15, -0.1) is 10.2 Å². The zero-order chi connectivity index (χ0) is 13.8. The SMILES string of the molecule is CC(C)NCc1nnc(-c2ccc([N+](=O)[O-])cc2)s1. The van der Waals surface area contributed by atoms with Crippen LogP contribution in [0.1, 0.15) is 18.9 Å². The summed E-state index contributed by atoms with van der Waals surface area (Å²) in [5, 5.41) is 23.7. The molecule has 0 radical (unpaired) electrons. The minimum Gasteiger partial charge on any atom is -0.308 e. The lowest BCUT2D eigenvalue weighted by Crippen LogP contribution is -2.21. The van der Waals surface area contributed by atoms with Crippen molar-refractivity contribution in [3.05, 3.63) is 39.4 Å². The van der Waals surface area contributed by atoms with Crippen molar-refractivity contribution in [2.45, 2.75) is 26.4 Å². The molecule has 6 nitrogen and oxygen atoms in total. The molecule has 7 heteroatoms. The van der Waals surface area contributed by atoms with Gasteiger partial charge in [-0.05, 0) is 12.1 Å². The van der Waals surface area contributed by atoms with Crippen LogP contribution in [0.25, 0.3) is 10.6 Å². The molecule has 1 N–H and O–H groups in total. The molecule has 0 bridgehead atoms. The Morgan fingerprint density at radius 1 is 1.32 bits per heavy atom. The molecule has 0 saturated carbocycles. The van der Waals surface area contributed by atoms with Crippen LogP contribution in [-0.2, 0) is 6.54 Å². The normalized spacial score (nSPS) is 10.9. The summed E-state index contributed by atoms with van der Waals surface area (Å²) in [6, 6.07) is 6.73. The summed E-state index contributed by atoms with van der Waals surface area (Å²) in [6.07, 6.45) is 0. The fraction of sp³-hybridized carbons (Fsp3) is 0.333. The van der Waals surface area contributed by atoms with E-state index in [4.69, 9.17) is 0 Å². The summed E-state index contributed by atoms with van der Waals surface area (Å²) >= 11 is 1.49. The van der Waals surface area contributed by atoms with Gasteiger partial charge in [0.1, 0.15) is 10.0 Å². The number of rotatable bonds is 5. The highest BCUT2D eigenvalue weighted by atomic mass is 32.1. The van der Waals surface area contributed by atoms with Gasteiger partial charge in [0.25, 0.3) is 5.69 Å². The second-order valence-corrected chi connectivity index (χ2v) is 5.40. The zero-order valence-electron chi connectivity index (χ0n) is 10.7. The van der Waals surface area contributed by atoms with E-state index in [0.29, 0.717) is 12.6 Å². The molecular weight excluding hydrogens is 264 g/mol. The van der Waals surface area contributed by atoms with E-state index in [-0.39, 0.29) is 5.69 Å². The van der Waals surface area contributed by atoms with Crippen molar-refractivity contribution in [3.63, 3.8) is 0 Å². The predicted octanol–water partition coefficient (Wildman–Crippen LogP) is 2.61. The van der Waals surface area contributed by atoms with Crippen LogP contribution in [0.3, 0.4) is 0 Å². The number of benzene rings is 1. The van der Waals surface area contributed by atoms with E-state index in [9.17, 15) is 10.1 Å². The summed E-state index contributed by atoms with van der Waals surface area (Å²) in [5.41, 5.74) is 0.925. The molecule has 2 rings (SSSR count). The molecule has 19 heavy (non-hydrogen) atoms. The Balaban J connectivity index is 2.11. The number of nitrogens with zero attached hydrogens (tertiary/aromatic N) is 3. The molecule has 0 aliphatic rings. The van der Waals surface area contributed by atoms with Crippen molar-refractivity contribution in [3.8, 4) is 10.6 Å². The number of nitro groups is 1. The number of aromatic nitrogens is 2. The molecular formula is C12H14N4O2S.